The van der Waals surface area contributed by atoms with E-state index < -0.39 is 0 Å². The van der Waals surface area contributed by atoms with Gasteiger partial charge in [0.1, 0.15) is 0 Å². The lowest BCUT2D eigenvalue weighted by Crippen LogP contribution is -2.47. The molecular weight excluding hydrogens is 174 g/mol. The maximum atomic E-state index is 5.73. The highest BCUT2D eigenvalue weighted by atomic mass is 16.5. The van der Waals surface area contributed by atoms with Crippen LogP contribution in [0.4, 0.5) is 0 Å². The van der Waals surface area contributed by atoms with E-state index in [0.29, 0.717) is 17.6 Å². The summed E-state index contributed by atoms with van der Waals surface area (Å²) in [5.41, 5.74) is 0.297. The maximum absolute atomic E-state index is 5.73. The summed E-state index contributed by atoms with van der Waals surface area (Å²) in [5, 5.41) is 0. The predicted molar refractivity (Wildman–Crippen MR) is 60.5 cm³/mol. The van der Waals surface area contributed by atoms with Gasteiger partial charge in [-0.15, -0.1) is 0 Å². The second-order valence-electron chi connectivity index (χ2n) is 5.65. The summed E-state index contributed by atoms with van der Waals surface area (Å²) >= 11 is 0. The monoisotopic (exact) mass is 199 g/mol. The molecule has 1 aliphatic heterocycles. The fourth-order valence-corrected chi connectivity index (χ4v) is 1.88. The molecule has 14 heavy (non-hydrogen) atoms. The van der Waals surface area contributed by atoms with E-state index >= 15 is 0 Å². The van der Waals surface area contributed by atoms with Crippen molar-refractivity contribution in [3.63, 3.8) is 0 Å². The van der Waals surface area contributed by atoms with Crippen molar-refractivity contribution in [1.29, 1.82) is 0 Å². The van der Waals surface area contributed by atoms with Crippen molar-refractivity contribution in [3.8, 4) is 0 Å². The van der Waals surface area contributed by atoms with Crippen LogP contribution in [0.15, 0.2) is 0 Å². The largest absolute Gasteiger partial charge is 0.378 e. The Morgan fingerprint density at radius 1 is 1.21 bits per heavy atom. The van der Waals surface area contributed by atoms with E-state index in [4.69, 9.17) is 4.74 Å². The first-order valence-electron chi connectivity index (χ1n) is 5.76. The highest BCUT2D eigenvalue weighted by molar-refractivity contribution is 4.79. The Bertz CT molecular complexity index is 174. The van der Waals surface area contributed by atoms with Gasteiger partial charge in [0, 0.05) is 18.6 Å². The third kappa shape index (κ3) is 3.58. The van der Waals surface area contributed by atoms with Gasteiger partial charge in [0.2, 0.25) is 0 Å². The van der Waals surface area contributed by atoms with Gasteiger partial charge in [0.25, 0.3) is 0 Å². The highest BCUT2D eigenvalue weighted by Gasteiger charge is 2.25. The zero-order chi connectivity index (χ0) is 10.8. The van der Waals surface area contributed by atoms with Crippen LogP contribution in [0.2, 0.25) is 0 Å². The Labute approximate surface area is 88.6 Å². The molecule has 0 aliphatic carbocycles. The van der Waals surface area contributed by atoms with Crippen LogP contribution in [0, 0.1) is 5.92 Å². The Morgan fingerprint density at radius 2 is 1.86 bits per heavy atom. The van der Waals surface area contributed by atoms with Gasteiger partial charge in [-0.2, -0.15) is 0 Å². The van der Waals surface area contributed by atoms with Crippen molar-refractivity contribution in [2.24, 2.45) is 5.92 Å². The summed E-state index contributed by atoms with van der Waals surface area (Å²) in [6.45, 7) is 14.6. The van der Waals surface area contributed by atoms with Gasteiger partial charge in [-0.3, -0.25) is 4.90 Å². The standard InChI is InChI=1S/C12H25NO/c1-10-8-13(12(3,4)5)7-6-11(2)14-9-10/h10-11H,6-9H2,1-5H3. The van der Waals surface area contributed by atoms with Crippen molar-refractivity contribution in [2.75, 3.05) is 19.7 Å². The molecule has 1 aliphatic rings. The Morgan fingerprint density at radius 3 is 2.43 bits per heavy atom. The summed E-state index contributed by atoms with van der Waals surface area (Å²) in [5.74, 6) is 0.650. The lowest BCUT2D eigenvalue weighted by molar-refractivity contribution is -0.0143. The maximum Gasteiger partial charge on any atom is 0.0559 e. The van der Waals surface area contributed by atoms with Crippen molar-refractivity contribution in [3.05, 3.63) is 0 Å². The summed E-state index contributed by atoms with van der Waals surface area (Å²) in [7, 11) is 0. The second-order valence-corrected chi connectivity index (χ2v) is 5.65. The average Bonchev–Trinajstić information content (AvgIpc) is 2.03. The molecule has 0 aromatic heterocycles. The molecular formula is C12H25NO. The van der Waals surface area contributed by atoms with Gasteiger partial charge < -0.3 is 4.74 Å². The van der Waals surface area contributed by atoms with Crippen LogP contribution in [0.3, 0.4) is 0 Å². The van der Waals surface area contributed by atoms with Crippen molar-refractivity contribution in [1.82, 2.24) is 4.90 Å². The molecule has 0 saturated carbocycles. The van der Waals surface area contributed by atoms with E-state index in [0.717, 1.165) is 26.1 Å². The summed E-state index contributed by atoms with van der Waals surface area (Å²) in [6.07, 6.45) is 1.58. The molecule has 2 unspecified atom stereocenters. The molecule has 2 atom stereocenters. The van der Waals surface area contributed by atoms with E-state index in [2.05, 4.69) is 39.5 Å². The van der Waals surface area contributed by atoms with Gasteiger partial charge in [0.05, 0.1) is 12.7 Å². The lowest BCUT2D eigenvalue weighted by Gasteiger charge is -2.39. The molecule has 1 rings (SSSR count). The smallest absolute Gasteiger partial charge is 0.0559 e. The number of ether oxygens (including phenoxy) is 1. The van der Waals surface area contributed by atoms with Crippen molar-refractivity contribution < 1.29 is 4.74 Å². The molecule has 0 bridgehead atoms. The topological polar surface area (TPSA) is 12.5 Å². The van der Waals surface area contributed by atoms with Crippen LogP contribution in [-0.2, 0) is 4.74 Å². The van der Waals surface area contributed by atoms with Crippen molar-refractivity contribution >= 4 is 0 Å². The Kier molecular flexibility index (Phi) is 3.96. The molecule has 0 N–H and O–H groups in total. The average molecular weight is 199 g/mol. The van der Waals surface area contributed by atoms with Crippen LogP contribution in [0.1, 0.15) is 41.0 Å². The molecule has 2 nitrogen and oxygen atoms in total. The molecule has 0 amide bonds. The summed E-state index contributed by atoms with van der Waals surface area (Å²) in [4.78, 5) is 2.58. The number of rotatable bonds is 0. The minimum Gasteiger partial charge on any atom is -0.378 e. The van der Waals surface area contributed by atoms with Gasteiger partial charge in [0.15, 0.2) is 0 Å². The fraction of sp³-hybridized carbons (Fsp3) is 1.00. The fourth-order valence-electron chi connectivity index (χ4n) is 1.88. The zero-order valence-corrected chi connectivity index (χ0v) is 10.3. The number of hydrogen-bond donors (Lipinski definition) is 0. The SMILES string of the molecule is CC1COC(C)CCN(C(C)(C)C)C1. The van der Waals surface area contributed by atoms with Crippen LogP contribution in [0.5, 0.6) is 0 Å². The third-order valence-electron chi connectivity index (χ3n) is 2.95. The van der Waals surface area contributed by atoms with E-state index in [1.54, 1.807) is 0 Å². The highest BCUT2D eigenvalue weighted by Crippen LogP contribution is 2.19. The molecule has 2 heteroatoms. The quantitative estimate of drug-likeness (QED) is 0.594. The van der Waals surface area contributed by atoms with Crippen LogP contribution in [-0.4, -0.2) is 36.2 Å². The van der Waals surface area contributed by atoms with Crippen LogP contribution in [0.25, 0.3) is 0 Å². The van der Waals surface area contributed by atoms with E-state index in [9.17, 15) is 0 Å². The second kappa shape index (κ2) is 4.63. The van der Waals surface area contributed by atoms with E-state index in [1.165, 1.54) is 0 Å². The van der Waals surface area contributed by atoms with Crippen LogP contribution < -0.4 is 0 Å². The predicted octanol–water partition coefficient (Wildman–Crippen LogP) is 2.53. The number of nitrogens with zero attached hydrogens (tertiary/aromatic N) is 1. The summed E-state index contributed by atoms with van der Waals surface area (Å²) in [6, 6.07) is 0. The van der Waals surface area contributed by atoms with Gasteiger partial charge in [-0.05, 0) is 40.0 Å². The normalized spacial score (nSPS) is 32.4. The summed E-state index contributed by atoms with van der Waals surface area (Å²) < 4.78 is 5.73. The Balaban J connectivity index is 2.57. The molecule has 1 fully saturated rings. The van der Waals surface area contributed by atoms with Crippen LogP contribution >= 0.6 is 0 Å². The molecule has 1 saturated heterocycles. The molecule has 0 aromatic carbocycles. The molecule has 0 spiro atoms. The Hall–Kier alpha value is -0.0800. The molecule has 0 radical (unpaired) electrons. The first kappa shape index (κ1) is 12.0. The minimum atomic E-state index is 0.297. The first-order valence-corrected chi connectivity index (χ1v) is 5.76. The molecule has 1 heterocycles. The van der Waals surface area contributed by atoms with Gasteiger partial charge in [-0.25, -0.2) is 0 Å². The van der Waals surface area contributed by atoms with Crippen molar-refractivity contribution in [2.45, 2.75) is 52.7 Å². The van der Waals surface area contributed by atoms with Gasteiger partial charge in [-0.1, -0.05) is 6.92 Å². The minimum absolute atomic E-state index is 0.297. The zero-order valence-electron chi connectivity index (χ0n) is 10.3. The lowest BCUT2D eigenvalue weighted by atomic mass is 10.0. The third-order valence-corrected chi connectivity index (χ3v) is 2.95. The molecule has 84 valence electrons. The molecule has 0 aromatic rings. The first-order chi connectivity index (χ1) is 6.39. The number of hydrogen-bond acceptors (Lipinski definition) is 2. The van der Waals surface area contributed by atoms with Gasteiger partial charge >= 0.3 is 0 Å². The van der Waals surface area contributed by atoms with E-state index in [1.807, 2.05) is 0 Å². The van der Waals surface area contributed by atoms with E-state index in [-0.39, 0.29) is 0 Å².